The molecule has 3 rings (SSSR count). The molecular weight excluding hydrogens is 474 g/mol. The summed E-state index contributed by atoms with van der Waals surface area (Å²) in [5.74, 6) is -0.0626. The lowest BCUT2D eigenvalue weighted by atomic mass is 10.0. The lowest BCUT2D eigenvalue weighted by molar-refractivity contribution is -0.134. The van der Waals surface area contributed by atoms with Gasteiger partial charge in [-0.2, -0.15) is 0 Å². The number of amides is 4. The van der Waals surface area contributed by atoms with E-state index < -0.39 is 6.10 Å². The highest BCUT2D eigenvalue weighted by atomic mass is 16.5. The van der Waals surface area contributed by atoms with E-state index in [1.807, 2.05) is 20.8 Å². The number of pyridine rings is 1. The van der Waals surface area contributed by atoms with Crippen LogP contribution in [0.25, 0.3) is 0 Å². The van der Waals surface area contributed by atoms with Crippen LogP contribution >= 0.6 is 0 Å². The summed E-state index contributed by atoms with van der Waals surface area (Å²) in [6, 6.07) is 7.84. The van der Waals surface area contributed by atoms with E-state index in [0.717, 1.165) is 0 Å². The van der Waals surface area contributed by atoms with Crippen LogP contribution in [0.2, 0.25) is 0 Å². The Balaban J connectivity index is 1.91. The van der Waals surface area contributed by atoms with Crippen molar-refractivity contribution in [3.63, 3.8) is 0 Å². The molecule has 1 aromatic heterocycles. The molecule has 10 nitrogen and oxygen atoms in total. The number of carbonyl (C=O) groups is 3. The number of rotatable bonds is 7. The minimum atomic E-state index is -0.418. The van der Waals surface area contributed by atoms with E-state index in [9.17, 15) is 19.5 Å². The first kappa shape index (κ1) is 27.9. The number of likely N-dealkylation sites (N-methyl/N-ethyl adjacent to an activating group) is 1. The quantitative estimate of drug-likeness (QED) is 0.525. The van der Waals surface area contributed by atoms with Crippen molar-refractivity contribution in [1.82, 2.24) is 20.1 Å². The first-order valence-electron chi connectivity index (χ1n) is 12.5. The molecule has 3 atom stereocenters. The number of hydrogen-bond donors (Lipinski definition) is 3. The van der Waals surface area contributed by atoms with Gasteiger partial charge in [0.25, 0.3) is 5.91 Å². The minimum Gasteiger partial charge on any atom is -0.488 e. The topological polar surface area (TPSA) is 124 Å². The number of urea groups is 1. The van der Waals surface area contributed by atoms with E-state index in [-0.39, 0.29) is 48.9 Å². The van der Waals surface area contributed by atoms with Gasteiger partial charge >= 0.3 is 6.03 Å². The van der Waals surface area contributed by atoms with Crippen molar-refractivity contribution in [2.24, 2.45) is 5.92 Å². The number of ether oxygens (including phenoxy) is 1. The zero-order chi connectivity index (χ0) is 27.1. The Morgan fingerprint density at radius 1 is 1.22 bits per heavy atom. The van der Waals surface area contributed by atoms with Crippen LogP contribution in [-0.4, -0.2) is 82.7 Å². The summed E-state index contributed by atoms with van der Waals surface area (Å²) in [5, 5.41) is 15.5. The van der Waals surface area contributed by atoms with Gasteiger partial charge in [0.05, 0.1) is 25.6 Å². The highest BCUT2D eigenvalue weighted by molar-refractivity contribution is 6.04. The van der Waals surface area contributed by atoms with Crippen LogP contribution < -0.4 is 15.4 Å². The van der Waals surface area contributed by atoms with Crippen LogP contribution in [0.4, 0.5) is 10.5 Å². The van der Waals surface area contributed by atoms with Crippen LogP contribution in [0, 0.1) is 5.92 Å². The van der Waals surface area contributed by atoms with E-state index >= 15 is 0 Å². The number of anilines is 1. The number of aliphatic hydroxyl groups excluding tert-OH is 1. The van der Waals surface area contributed by atoms with Crippen LogP contribution in [0.15, 0.2) is 42.7 Å². The first-order valence-corrected chi connectivity index (χ1v) is 12.5. The van der Waals surface area contributed by atoms with Gasteiger partial charge in [-0.25, -0.2) is 4.79 Å². The number of benzene rings is 1. The number of aliphatic hydroxyl groups is 1. The van der Waals surface area contributed by atoms with Crippen LogP contribution in [0.1, 0.15) is 43.6 Å². The van der Waals surface area contributed by atoms with Gasteiger partial charge in [0.1, 0.15) is 11.9 Å². The molecule has 0 radical (unpaired) electrons. The largest absolute Gasteiger partial charge is 0.488 e. The Hall–Kier alpha value is -3.66. The highest BCUT2D eigenvalue weighted by Gasteiger charge is 2.32. The summed E-state index contributed by atoms with van der Waals surface area (Å²) in [6.45, 7) is 8.05. The second-order valence-electron chi connectivity index (χ2n) is 9.89. The van der Waals surface area contributed by atoms with Crippen LogP contribution in [0.3, 0.4) is 0 Å². The van der Waals surface area contributed by atoms with Gasteiger partial charge in [0.15, 0.2) is 0 Å². The number of fused-ring (bicyclic) bond motifs is 1. The fourth-order valence-corrected chi connectivity index (χ4v) is 4.14. The SMILES string of the molecule is CC(C)NC(=O)N(C)C[C@H]1Oc2ccc(NC(=O)c3ccncc3)cc2CC(=O)N([C@@H](C)CO)C[C@H]1C. The fourth-order valence-electron chi connectivity index (χ4n) is 4.14. The molecule has 3 N–H and O–H groups in total. The maximum atomic E-state index is 13.3. The van der Waals surface area contributed by atoms with E-state index in [1.165, 1.54) is 0 Å². The van der Waals surface area contributed by atoms with Gasteiger partial charge in [-0.15, -0.1) is 0 Å². The maximum absolute atomic E-state index is 13.3. The van der Waals surface area contributed by atoms with Gasteiger partial charge in [0.2, 0.25) is 5.91 Å². The van der Waals surface area contributed by atoms with Crippen molar-refractivity contribution in [2.75, 3.05) is 32.1 Å². The van der Waals surface area contributed by atoms with Gasteiger partial charge < -0.3 is 30.3 Å². The maximum Gasteiger partial charge on any atom is 0.317 e. The minimum absolute atomic E-state index is 0.00570. The second-order valence-corrected chi connectivity index (χ2v) is 9.89. The molecule has 1 aliphatic rings. The predicted molar refractivity (Wildman–Crippen MR) is 140 cm³/mol. The molecule has 1 aliphatic heterocycles. The first-order chi connectivity index (χ1) is 17.6. The Kier molecular flexibility index (Phi) is 9.46. The number of nitrogens with one attached hydrogen (secondary N) is 2. The number of hydrogen-bond acceptors (Lipinski definition) is 6. The molecule has 37 heavy (non-hydrogen) atoms. The summed E-state index contributed by atoms with van der Waals surface area (Å²) in [4.78, 5) is 45.7. The molecular formula is C27H37N5O5. The summed E-state index contributed by atoms with van der Waals surface area (Å²) in [6.07, 6.45) is 2.71. The van der Waals surface area contributed by atoms with Crippen molar-refractivity contribution in [1.29, 1.82) is 0 Å². The third kappa shape index (κ3) is 7.42. The van der Waals surface area contributed by atoms with Crippen molar-refractivity contribution in [2.45, 2.75) is 52.3 Å². The molecule has 10 heteroatoms. The average molecular weight is 512 g/mol. The lowest BCUT2D eigenvalue weighted by Gasteiger charge is -2.34. The number of aromatic nitrogens is 1. The molecule has 1 aromatic carbocycles. The average Bonchev–Trinajstić information content (AvgIpc) is 2.91. The van der Waals surface area contributed by atoms with Gasteiger partial charge in [0, 0.05) is 54.8 Å². The molecule has 0 aliphatic carbocycles. The molecule has 0 saturated carbocycles. The zero-order valence-corrected chi connectivity index (χ0v) is 22.1. The summed E-state index contributed by atoms with van der Waals surface area (Å²) in [7, 11) is 1.71. The number of carbonyl (C=O) groups excluding carboxylic acids is 3. The normalized spacial score (nSPS) is 18.6. The molecule has 0 saturated heterocycles. The van der Waals surface area contributed by atoms with Gasteiger partial charge in [-0.3, -0.25) is 14.6 Å². The summed E-state index contributed by atoms with van der Waals surface area (Å²) in [5.41, 5.74) is 1.60. The Morgan fingerprint density at radius 2 is 1.92 bits per heavy atom. The predicted octanol–water partition coefficient (Wildman–Crippen LogP) is 2.53. The molecule has 0 unspecified atom stereocenters. The third-order valence-electron chi connectivity index (χ3n) is 6.33. The standard InChI is InChI=1S/C27H37N5O5/c1-17(2)29-27(36)31(5)15-24-18(3)14-32(19(4)16-33)25(34)13-21-12-22(6-7-23(21)37-24)30-26(35)20-8-10-28-11-9-20/h6-12,17-19,24,33H,13-16H2,1-5H3,(H,29,36)(H,30,35)/t18-,19+,24-/m1/s1. The van der Waals surface area contributed by atoms with Crippen LogP contribution in [-0.2, 0) is 11.2 Å². The van der Waals surface area contributed by atoms with Crippen molar-refractivity contribution < 1.29 is 24.2 Å². The zero-order valence-electron chi connectivity index (χ0n) is 22.1. The van der Waals surface area contributed by atoms with Crippen LogP contribution in [0.5, 0.6) is 5.75 Å². The van der Waals surface area contributed by atoms with Crippen molar-refractivity contribution >= 4 is 23.5 Å². The summed E-state index contributed by atoms with van der Waals surface area (Å²) < 4.78 is 6.43. The molecule has 0 spiro atoms. The Bertz CT molecular complexity index is 1090. The molecule has 0 fully saturated rings. The Labute approximate surface area is 218 Å². The molecule has 200 valence electrons. The summed E-state index contributed by atoms with van der Waals surface area (Å²) >= 11 is 0. The molecule has 0 bridgehead atoms. The molecule has 4 amide bonds. The van der Waals surface area contributed by atoms with E-state index in [4.69, 9.17) is 4.74 Å². The highest BCUT2D eigenvalue weighted by Crippen LogP contribution is 2.29. The van der Waals surface area contributed by atoms with E-state index in [1.54, 1.807) is 66.5 Å². The second kappa shape index (κ2) is 12.5. The van der Waals surface area contributed by atoms with Gasteiger partial charge in [-0.1, -0.05) is 6.92 Å². The third-order valence-corrected chi connectivity index (χ3v) is 6.33. The van der Waals surface area contributed by atoms with E-state index in [2.05, 4.69) is 15.6 Å². The monoisotopic (exact) mass is 511 g/mol. The van der Waals surface area contributed by atoms with Crippen molar-refractivity contribution in [3.8, 4) is 5.75 Å². The Morgan fingerprint density at radius 3 is 2.57 bits per heavy atom. The van der Waals surface area contributed by atoms with Crippen molar-refractivity contribution in [3.05, 3.63) is 53.9 Å². The van der Waals surface area contributed by atoms with Gasteiger partial charge in [-0.05, 0) is 51.1 Å². The molecule has 2 heterocycles. The number of nitrogens with zero attached hydrogens (tertiary/aromatic N) is 3. The fraction of sp³-hybridized carbons (Fsp3) is 0.481. The van der Waals surface area contributed by atoms with E-state index in [0.29, 0.717) is 35.7 Å². The lowest BCUT2D eigenvalue weighted by Crippen LogP contribution is -2.49. The smallest absolute Gasteiger partial charge is 0.317 e. The molecule has 2 aromatic rings.